The second-order valence-electron chi connectivity index (χ2n) is 5.54. The quantitative estimate of drug-likeness (QED) is 0.364. The Morgan fingerprint density at radius 1 is 1.45 bits per heavy atom. The molecule has 3 N–H and O–H groups in total. The van der Waals surface area contributed by atoms with Crippen LogP contribution in [0.25, 0.3) is 0 Å². The molecule has 1 aliphatic heterocycles. The molecule has 2 rings (SSSR count). The van der Waals surface area contributed by atoms with E-state index in [2.05, 4.69) is 33.9 Å². The zero-order valence-corrected chi connectivity index (χ0v) is 12.6. The van der Waals surface area contributed by atoms with Crippen molar-refractivity contribution in [2.75, 3.05) is 31.6 Å². The second kappa shape index (κ2) is 5.66. The molecule has 0 amide bonds. The van der Waals surface area contributed by atoms with Crippen molar-refractivity contribution in [3.05, 3.63) is 22.9 Å². The molecule has 0 bridgehead atoms. The number of amidine groups is 1. The summed E-state index contributed by atoms with van der Waals surface area (Å²) < 4.78 is 0. The maximum Gasteiger partial charge on any atom is 0.174 e. The fourth-order valence-electron chi connectivity index (χ4n) is 2.65. The topological polar surface area (TPSA) is 78.0 Å². The van der Waals surface area contributed by atoms with Crippen molar-refractivity contribution >= 4 is 11.7 Å². The van der Waals surface area contributed by atoms with Gasteiger partial charge in [0.15, 0.2) is 5.84 Å². The van der Waals surface area contributed by atoms with Gasteiger partial charge in [-0.25, -0.2) is 4.98 Å². The zero-order valence-electron chi connectivity index (χ0n) is 12.6. The molecular weight excluding hydrogens is 254 g/mol. The molecule has 0 aliphatic carbocycles. The number of rotatable bonds is 2. The molecule has 2 heterocycles. The third kappa shape index (κ3) is 2.70. The molecule has 1 saturated heterocycles. The predicted octanol–water partition coefficient (Wildman–Crippen LogP) is 0.933. The molecule has 1 aromatic heterocycles. The number of pyridine rings is 1. The lowest BCUT2D eigenvalue weighted by molar-refractivity contribution is 0.233. The molecule has 0 radical (unpaired) electrons. The van der Waals surface area contributed by atoms with Crippen molar-refractivity contribution in [1.29, 1.82) is 0 Å². The van der Waals surface area contributed by atoms with Crippen molar-refractivity contribution in [3.63, 3.8) is 0 Å². The number of piperazine rings is 1. The summed E-state index contributed by atoms with van der Waals surface area (Å²) in [6.45, 7) is 8.88. The lowest BCUT2D eigenvalue weighted by atomic mass is 10.1. The number of aromatic nitrogens is 1. The summed E-state index contributed by atoms with van der Waals surface area (Å²) in [6, 6.07) is 2.41. The van der Waals surface area contributed by atoms with Crippen LogP contribution in [0.1, 0.15) is 23.7 Å². The van der Waals surface area contributed by atoms with E-state index in [-0.39, 0.29) is 5.84 Å². The predicted molar refractivity (Wildman–Crippen MR) is 80.5 cm³/mol. The Balaban J connectivity index is 2.45. The van der Waals surface area contributed by atoms with Crippen LogP contribution >= 0.6 is 0 Å². The average molecular weight is 277 g/mol. The van der Waals surface area contributed by atoms with Crippen LogP contribution in [-0.2, 0) is 0 Å². The van der Waals surface area contributed by atoms with E-state index in [1.807, 2.05) is 19.9 Å². The summed E-state index contributed by atoms with van der Waals surface area (Å²) in [5.74, 6) is 0.939. The number of anilines is 1. The minimum absolute atomic E-state index is 0.122. The third-order valence-corrected chi connectivity index (χ3v) is 3.95. The molecule has 6 heteroatoms. The summed E-state index contributed by atoms with van der Waals surface area (Å²) in [5.41, 5.74) is 8.49. The van der Waals surface area contributed by atoms with Gasteiger partial charge in [-0.1, -0.05) is 5.16 Å². The molecule has 1 fully saturated rings. The SMILES string of the molecule is Cc1cc(C)c(C(N)=NO)c(N2CCN(C)C(C)C2)n1. The van der Waals surface area contributed by atoms with Gasteiger partial charge in [-0.3, -0.25) is 0 Å². The maximum absolute atomic E-state index is 9.01. The van der Waals surface area contributed by atoms with Crippen molar-refractivity contribution in [1.82, 2.24) is 9.88 Å². The van der Waals surface area contributed by atoms with Crippen LogP contribution in [0.4, 0.5) is 5.82 Å². The third-order valence-electron chi connectivity index (χ3n) is 3.95. The van der Waals surface area contributed by atoms with Gasteiger partial charge in [0.1, 0.15) is 5.82 Å². The molecular formula is C14H23N5O. The molecule has 1 aliphatic rings. The Kier molecular flexibility index (Phi) is 4.13. The number of hydrogen-bond donors (Lipinski definition) is 2. The highest BCUT2D eigenvalue weighted by molar-refractivity contribution is 6.02. The van der Waals surface area contributed by atoms with Gasteiger partial charge in [0, 0.05) is 31.4 Å². The molecule has 110 valence electrons. The summed E-state index contributed by atoms with van der Waals surface area (Å²) >= 11 is 0. The fourth-order valence-corrected chi connectivity index (χ4v) is 2.65. The molecule has 0 aromatic carbocycles. The lowest BCUT2D eigenvalue weighted by Gasteiger charge is -2.39. The number of hydrogen-bond acceptors (Lipinski definition) is 5. The molecule has 0 saturated carbocycles. The van der Waals surface area contributed by atoms with E-state index in [0.29, 0.717) is 6.04 Å². The Morgan fingerprint density at radius 2 is 2.15 bits per heavy atom. The lowest BCUT2D eigenvalue weighted by Crippen LogP contribution is -2.51. The van der Waals surface area contributed by atoms with Crippen LogP contribution in [0.5, 0.6) is 0 Å². The van der Waals surface area contributed by atoms with Crippen LogP contribution in [0.15, 0.2) is 11.2 Å². The van der Waals surface area contributed by atoms with Crippen LogP contribution in [0.2, 0.25) is 0 Å². The van der Waals surface area contributed by atoms with E-state index in [0.717, 1.165) is 42.3 Å². The summed E-state index contributed by atoms with van der Waals surface area (Å²) in [6.07, 6.45) is 0. The Hall–Kier alpha value is -1.82. The van der Waals surface area contributed by atoms with Crippen molar-refractivity contribution in [2.24, 2.45) is 10.9 Å². The number of nitrogens with two attached hydrogens (primary N) is 1. The molecule has 6 nitrogen and oxygen atoms in total. The van der Waals surface area contributed by atoms with E-state index >= 15 is 0 Å². The van der Waals surface area contributed by atoms with E-state index in [1.165, 1.54) is 0 Å². The normalized spacial score (nSPS) is 21.3. The molecule has 1 atom stereocenters. The zero-order chi connectivity index (χ0) is 14.9. The van der Waals surface area contributed by atoms with E-state index in [9.17, 15) is 0 Å². The first-order valence-electron chi connectivity index (χ1n) is 6.85. The highest BCUT2D eigenvalue weighted by Gasteiger charge is 2.25. The maximum atomic E-state index is 9.01. The fraction of sp³-hybridized carbons (Fsp3) is 0.571. The van der Waals surface area contributed by atoms with Crippen LogP contribution in [0, 0.1) is 13.8 Å². The number of nitrogens with zero attached hydrogens (tertiary/aromatic N) is 4. The van der Waals surface area contributed by atoms with Crippen molar-refractivity contribution in [2.45, 2.75) is 26.8 Å². The number of likely N-dealkylation sites (N-methyl/N-ethyl adjacent to an activating group) is 1. The van der Waals surface area contributed by atoms with Gasteiger partial charge in [-0.2, -0.15) is 0 Å². The van der Waals surface area contributed by atoms with Gasteiger partial charge in [-0.15, -0.1) is 0 Å². The average Bonchev–Trinajstić information content (AvgIpc) is 2.40. The first-order chi connectivity index (χ1) is 9.43. The van der Waals surface area contributed by atoms with Crippen molar-refractivity contribution < 1.29 is 5.21 Å². The summed E-state index contributed by atoms with van der Waals surface area (Å²) in [4.78, 5) is 9.16. The molecule has 20 heavy (non-hydrogen) atoms. The standard InChI is InChI=1S/C14H23N5O/c1-9-7-10(2)16-14(12(9)13(15)17-20)19-6-5-18(4)11(3)8-19/h7,11,20H,5-6,8H2,1-4H3,(H2,15,17). The monoisotopic (exact) mass is 277 g/mol. The van der Waals surface area contributed by atoms with Crippen LogP contribution < -0.4 is 10.6 Å². The highest BCUT2D eigenvalue weighted by atomic mass is 16.4. The number of oxime groups is 1. The van der Waals surface area contributed by atoms with Crippen LogP contribution in [0.3, 0.4) is 0 Å². The first-order valence-corrected chi connectivity index (χ1v) is 6.85. The summed E-state index contributed by atoms with van der Waals surface area (Å²) in [5, 5.41) is 12.2. The highest BCUT2D eigenvalue weighted by Crippen LogP contribution is 2.24. The smallest absolute Gasteiger partial charge is 0.174 e. The Bertz CT molecular complexity index is 529. The van der Waals surface area contributed by atoms with Gasteiger partial charge in [-0.05, 0) is 39.4 Å². The van der Waals surface area contributed by atoms with E-state index in [1.54, 1.807) is 0 Å². The van der Waals surface area contributed by atoms with Gasteiger partial charge < -0.3 is 20.7 Å². The minimum Gasteiger partial charge on any atom is -0.409 e. The van der Waals surface area contributed by atoms with Gasteiger partial charge in [0.2, 0.25) is 0 Å². The molecule has 1 aromatic rings. The van der Waals surface area contributed by atoms with E-state index in [4.69, 9.17) is 10.9 Å². The van der Waals surface area contributed by atoms with Gasteiger partial charge in [0.25, 0.3) is 0 Å². The Labute approximate surface area is 119 Å². The largest absolute Gasteiger partial charge is 0.409 e. The second-order valence-corrected chi connectivity index (χ2v) is 5.54. The van der Waals surface area contributed by atoms with E-state index < -0.39 is 0 Å². The van der Waals surface area contributed by atoms with Gasteiger partial charge in [0.05, 0.1) is 5.56 Å². The van der Waals surface area contributed by atoms with Crippen molar-refractivity contribution in [3.8, 4) is 0 Å². The van der Waals surface area contributed by atoms with Crippen LogP contribution in [-0.4, -0.2) is 53.7 Å². The number of aryl methyl sites for hydroxylation is 2. The molecule has 0 spiro atoms. The Morgan fingerprint density at radius 3 is 2.75 bits per heavy atom. The summed E-state index contributed by atoms with van der Waals surface area (Å²) in [7, 11) is 2.13. The minimum atomic E-state index is 0.122. The van der Waals surface area contributed by atoms with Gasteiger partial charge >= 0.3 is 0 Å². The first kappa shape index (κ1) is 14.6. The molecule has 1 unspecified atom stereocenters.